The van der Waals surface area contributed by atoms with Crippen molar-refractivity contribution in [2.75, 3.05) is 0 Å². The Hall–Kier alpha value is -2.73. The molecule has 0 saturated heterocycles. The second-order valence-corrected chi connectivity index (χ2v) is 7.26. The van der Waals surface area contributed by atoms with Gasteiger partial charge in [0.15, 0.2) is 0 Å². The van der Waals surface area contributed by atoms with Crippen molar-refractivity contribution in [2.24, 2.45) is 0 Å². The molecule has 3 rings (SSSR count). The minimum Gasteiger partial charge on any atom is -0.342 e. The summed E-state index contributed by atoms with van der Waals surface area (Å²) in [5.74, 6) is -0.0454. The van der Waals surface area contributed by atoms with Gasteiger partial charge in [0.1, 0.15) is 11.5 Å². The maximum Gasteiger partial charge on any atom is 0.270 e. The van der Waals surface area contributed by atoms with Crippen LogP contribution >= 0.6 is 15.9 Å². The summed E-state index contributed by atoms with van der Waals surface area (Å²) in [6, 6.07) is 18.1. The van der Waals surface area contributed by atoms with Crippen molar-refractivity contribution >= 4 is 21.8 Å². The first-order chi connectivity index (χ1) is 12.4. The molecule has 0 bridgehead atoms. The van der Waals surface area contributed by atoms with Gasteiger partial charge in [0.2, 0.25) is 0 Å². The zero-order valence-corrected chi connectivity index (χ0v) is 16.0. The Morgan fingerprint density at radius 3 is 2.42 bits per heavy atom. The van der Waals surface area contributed by atoms with Gasteiger partial charge >= 0.3 is 0 Å². The first kappa shape index (κ1) is 18.1. The van der Waals surface area contributed by atoms with Gasteiger partial charge in [-0.3, -0.25) is 9.59 Å². The highest BCUT2D eigenvalue weighted by Gasteiger charge is 2.26. The third-order valence-electron chi connectivity index (χ3n) is 3.99. The molecule has 1 heterocycles. The SMILES string of the molecule is CC(C)(NC(=O)c1cc(=O)[nH]c(-c2ccccc2)n1)c1ccccc1Br. The number of hydrogen-bond acceptors (Lipinski definition) is 3. The van der Waals surface area contributed by atoms with Crippen LogP contribution in [-0.4, -0.2) is 15.9 Å². The normalized spacial score (nSPS) is 11.2. The van der Waals surface area contributed by atoms with Crippen molar-refractivity contribution in [2.45, 2.75) is 19.4 Å². The van der Waals surface area contributed by atoms with Gasteiger partial charge in [0.25, 0.3) is 11.5 Å². The fourth-order valence-corrected chi connectivity index (χ4v) is 3.47. The summed E-state index contributed by atoms with van der Waals surface area (Å²) in [4.78, 5) is 31.7. The second-order valence-electron chi connectivity index (χ2n) is 6.40. The molecule has 0 atom stereocenters. The number of benzene rings is 2. The quantitative estimate of drug-likeness (QED) is 0.684. The van der Waals surface area contributed by atoms with Crippen LogP contribution in [-0.2, 0) is 5.54 Å². The molecule has 1 aromatic heterocycles. The minimum atomic E-state index is -0.644. The van der Waals surface area contributed by atoms with Crippen molar-refractivity contribution in [3.63, 3.8) is 0 Å². The number of amides is 1. The number of nitrogens with one attached hydrogen (secondary N) is 2. The van der Waals surface area contributed by atoms with Crippen molar-refractivity contribution in [3.8, 4) is 11.4 Å². The molecule has 3 aromatic rings. The van der Waals surface area contributed by atoms with Crippen LogP contribution in [0.25, 0.3) is 11.4 Å². The summed E-state index contributed by atoms with van der Waals surface area (Å²) in [5.41, 5.74) is 0.732. The number of H-pyrrole nitrogens is 1. The van der Waals surface area contributed by atoms with Crippen LogP contribution in [0.5, 0.6) is 0 Å². The molecular formula is C20H18BrN3O2. The van der Waals surface area contributed by atoms with E-state index in [1.54, 1.807) is 0 Å². The van der Waals surface area contributed by atoms with E-state index >= 15 is 0 Å². The van der Waals surface area contributed by atoms with Gasteiger partial charge in [0.05, 0.1) is 5.54 Å². The van der Waals surface area contributed by atoms with Gasteiger partial charge in [-0.05, 0) is 25.5 Å². The monoisotopic (exact) mass is 411 g/mol. The number of halogens is 1. The van der Waals surface area contributed by atoms with Crippen molar-refractivity contribution < 1.29 is 4.79 Å². The number of nitrogens with zero attached hydrogens (tertiary/aromatic N) is 1. The van der Waals surface area contributed by atoms with E-state index < -0.39 is 11.4 Å². The Balaban J connectivity index is 1.92. The zero-order valence-electron chi connectivity index (χ0n) is 14.4. The molecule has 1 amide bonds. The molecule has 5 nitrogen and oxygen atoms in total. The molecule has 0 aliphatic heterocycles. The Kier molecular flexibility index (Phi) is 5.04. The van der Waals surface area contributed by atoms with E-state index in [1.165, 1.54) is 6.07 Å². The molecule has 0 radical (unpaired) electrons. The standard InChI is InChI=1S/C20H18BrN3O2/c1-20(2,14-10-6-7-11-15(14)21)24-19(26)16-12-17(25)23-18(22-16)13-8-4-3-5-9-13/h3-12H,1-2H3,(H,24,26)(H,22,23,25). The van der Waals surface area contributed by atoms with Gasteiger partial charge in [-0.2, -0.15) is 0 Å². The summed E-state index contributed by atoms with van der Waals surface area (Å²) in [7, 11) is 0. The first-order valence-electron chi connectivity index (χ1n) is 8.11. The maximum atomic E-state index is 12.7. The lowest BCUT2D eigenvalue weighted by Crippen LogP contribution is -2.42. The van der Waals surface area contributed by atoms with E-state index in [9.17, 15) is 9.59 Å². The molecule has 26 heavy (non-hydrogen) atoms. The van der Waals surface area contributed by atoms with Crippen molar-refractivity contribution in [3.05, 3.63) is 86.7 Å². The molecule has 132 valence electrons. The van der Waals surface area contributed by atoms with Crippen LogP contribution in [0.1, 0.15) is 29.9 Å². The lowest BCUT2D eigenvalue weighted by atomic mass is 9.94. The highest BCUT2D eigenvalue weighted by atomic mass is 79.9. The van der Waals surface area contributed by atoms with Crippen LogP contribution in [0.2, 0.25) is 0 Å². The van der Waals surface area contributed by atoms with E-state index in [2.05, 4.69) is 31.2 Å². The van der Waals surface area contributed by atoms with Gasteiger partial charge in [-0.1, -0.05) is 64.5 Å². The molecule has 2 aromatic carbocycles. The lowest BCUT2D eigenvalue weighted by Gasteiger charge is -2.27. The van der Waals surface area contributed by atoms with Gasteiger partial charge in [-0.15, -0.1) is 0 Å². The molecule has 0 unspecified atom stereocenters. The molecule has 2 N–H and O–H groups in total. The Bertz CT molecular complexity index is 997. The zero-order chi connectivity index (χ0) is 18.7. The maximum absolute atomic E-state index is 12.7. The smallest absolute Gasteiger partial charge is 0.270 e. The molecular weight excluding hydrogens is 394 g/mol. The predicted molar refractivity (Wildman–Crippen MR) is 105 cm³/mol. The summed E-state index contributed by atoms with van der Waals surface area (Å²) in [6.07, 6.45) is 0. The van der Waals surface area contributed by atoms with E-state index in [0.29, 0.717) is 5.82 Å². The Labute approximate surface area is 159 Å². The van der Waals surface area contributed by atoms with Crippen LogP contribution in [0.4, 0.5) is 0 Å². The van der Waals surface area contributed by atoms with Crippen LogP contribution in [0.3, 0.4) is 0 Å². The average molecular weight is 412 g/mol. The van der Waals surface area contributed by atoms with Crippen LogP contribution < -0.4 is 10.9 Å². The number of carbonyl (C=O) groups excluding carboxylic acids is 1. The predicted octanol–water partition coefficient (Wildman–Crippen LogP) is 3.86. The minimum absolute atomic E-state index is 0.0766. The summed E-state index contributed by atoms with van der Waals surface area (Å²) in [5, 5.41) is 2.95. The first-order valence-corrected chi connectivity index (χ1v) is 8.90. The van der Waals surface area contributed by atoms with Crippen molar-refractivity contribution in [1.29, 1.82) is 0 Å². The molecule has 6 heteroatoms. The topological polar surface area (TPSA) is 74.8 Å². The van der Waals surface area contributed by atoms with E-state index in [4.69, 9.17) is 0 Å². The van der Waals surface area contributed by atoms with E-state index in [-0.39, 0.29) is 11.3 Å². The molecule has 0 saturated carbocycles. The third-order valence-corrected chi connectivity index (χ3v) is 4.69. The average Bonchev–Trinajstić information content (AvgIpc) is 2.62. The van der Waals surface area contributed by atoms with Gasteiger partial charge < -0.3 is 10.3 Å². The molecule has 0 fully saturated rings. The fraction of sp³-hybridized carbons (Fsp3) is 0.150. The summed E-state index contributed by atoms with van der Waals surface area (Å²) < 4.78 is 0.897. The van der Waals surface area contributed by atoms with E-state index in [0.717, 1.165) is 15.6 Å². The highest BCUT2D eigenvalue weighted by Crippen LogP contribution is 2.28. The van der Waals surface area contributed by atoms with Crippen LogP contribution in [0.15, 0.2) is 69.9 Å². The summed E-state index contributed by atoms with van der Waals surface area (Å²) >= 11 is 3.51. The Morgan fingerprint density at radius 1 is 1.08 bits per heavy atom. The number of aromatic amines is 1. The molecule has 0 aliphatic carbocycles. The second kappa shape index (κ2) is 7.25. The highest BCUT2D eigenvalue weighted by molar-refractivity contribution is 9.10. The molecule has 0 aliphatic rings. The molecule has 0 spiro atoms. The summed E-state index contributed by atoms with van der Waals surface area (Å²) in [6.45, 7) is 3.80. The number of hydrogen-bond donors (Lipinski definition) is 2. The Morgan fingerprint density at radius 2 is 1.73 bits per heavy atom. The number of carbonyl (C=O) groups is 1. The fourth-order valence-electron chi connectivity index (χ4n) is 2.69. The number of rotatable bonds is 4. The van der Waals surface area contributed by atoms with E-state index in [1.807, 2.05) is 68.4 Å². The van der Waals surface area contributed by atoms with Gasteiger partial charge in [-0.25, -0.2) is 4.98 Å². The largest absolute Gasteiger partial charge is 0.342 e. The third kappa shape index (κ3) is 3.91. The number of aromatic nitrogens is 2. The van der Waals surface area contributed by atoms with Crippen molar-refractivity contribution in [1.82, 2.24) is 15.3 Å². The lowest BCUT2D eigenvalue weighted by molar-refractivity contribution is 0.0906. The van der Waals surface area contributed by atoms with Crippen LogP contribution in [0, 0.1) is 0 Å². The van der Waals surface area contributed by atoms with Gasteiger partial charge in [0, 0.05) is 16.1 Å².